The van der Waals surface area contributed by atoms with E-state index < -0.39 is 0 Å². The van der Waals surface area contributed by atoms with E-state index in [1.54, 1.807) is 12.1 Å². The first-order valence-corrected chi connectivity index (χ1v) is 8.46. The van der Waals surface area contributed by atoms with Crippen LogP contribution in [0, 0.1) is 13.8 Å². The van der Waals surface area contributed by atoms with E-state index in [0.29, 0.717) is 14.8 Å². The molecule has 2 aromatic carbocycles. The molecule has 0 radical (unpaired) electrons. The number of carbonyl (C=O) groups excluding carboxylic acids is 1. The van der Waals surface area contributed by atoms with E-state index in [1.165, 1.54) is 28.8 Å². The fourth-order valence-electron chi connectivity index (χ4n) is 2.42. The minimum atomic E-state index is -0.228. The highest BCUT2D eigenvalue weighted by atomic mass is 32.2. The maximum absolute atomic E-state index is 12.8. The summed E-state index contributed by atoms with van der Waals surface area (Å²) in [4.78, 5) is 14.8. The predicted molar refractivity (Wildman–Crippen MR) is 101 cm³/mol. The number of amides is 1. The number of phenolic OH excluding ortho intramolecular Hbond substituents is 2. The molecular formula is C18H15NO3S2. The Labute approximate surface area is 149 Å². The van der Waals surface area contributed by atoms with Crippen molar-refractivity contribution in [2.45, 2.75) is 13.8 Å². The number of rotatable bonds is 2. The average molecular weight is 357 g/mol. The molecule has 24 heavy (non-hydrogen) atoms. The maximum atomic E-state index is 12.8. The smallest absolute Gasteiger partial charge is 0.270 e. The van der Waals surface area contributed by atoms with E-state index in [0.717, 1.165) is 16.8 Å². The number of benzene rings is 2. The number of hydrogen-bond acceptors (Lipinski definition) is 5. The van der Waals surface area contributed by atoms with Gasteiger partial charge in [0.25, 0.3) is 5.91 Å². The summed E-state index contributed by atoms with van der Waals surface area (Å²) >= 11 is 6.60. The van der Waals surface area contributed by atoms with Gasteiger partial charge < -0.3 is 10.2 Å². The normalized spacial score (nSPS) is 16.2. The van der Waals surface area contributed by atoms with Crippen LogP contribution in [0.3, 0.4) is 0 Å². The van der Waals surface area contributed by atoms with Gasteiger partial charge in [0.1, 0.15) is 0 Å². The Morgan fingerprint density at radius 1 is 1.08 bits per heavy atom. The van der Waals surface area contributed by atoms with Gasteiger partial charge in [-0.25, -0.2) is 0 Å². The Hall–Kier alpha value is -2.31. The summed E-state index contributed by atoms with van der Waals surface area (Å²) in [6, 6.07) is 10.3. The molecule has 2 N–H and O–H groups in total. The molecule has 122 valence electrons. The number of anilines is 1. The predicted octanol–water partition coefficient (Wildman–Crippen LogP) is 4.12. The van der Waals surface area contributed by atoms with E-state index in [2.05, 4.69) is 0 Å². The van der Waals surface area contributed by atoms with E-state index >= 15 is 0 Å². The van der Waals surface area contributed by atoms with Gasteiger partial charge in [-0.15, -0.1) is 0 Å². The van der Waals surface area contributed by atoms with Crippen LogP contribution < -0.4 is 4.90 Å². The van der Waals surface area contributed by atoms with Gasteiger partial charge in [-0.2, -0.15) is 0 Å². The van der Waals surface area contributed by atoms with Gasteiger partial charge in [0.2, 0.25) is 0 Å². The molecule has 1 amide bonds. The second-order valence-electron chi connectivity index (χ2n) is 5.56. The summed E-state index contributed by atoms with van der Waals surface area (Å²) in [5.74, 6) is -0.616. The molecule has 1 fully saturated rings. The summed E-state index contributed by atoms with van der Waals surface area (Å²) in [5.41, 5.74) is 3.43. The van der Waals surface area contributed by atoms with Gasteiger partial charge >= 0.3 is 0 Å². The van der Waals surface area contributed by atoms with Crippen LogP contribution in [-0.4, -0.2) is 20.4 Å². The van der Waals surface area contributed by atoms with Crippen molar-refractivity contribution in [3.63, 3.8) is 0 Å². The number of nitrogens with zero attached hydrogens (tertiary/aromatic N) is 1. The van der Waals surface area contributed by atoms with Crippen molar-refractivity contribution >= 4 is 46.0 Å². The van der Waals surface area contributed by atoms with Crippen LogP contribution in [0.15, 0.2) is 41.3 Å². The Kier molecular flexibility index (Phi) is 4.34. The third kappa shape index (κ3) is 3.02. The largest absolute Gasteiger partial charge is 0.504 e. The number of thioether (sulfide) groups is 1. The number of phenols is 2. The fraction of sp³-hybridized carbons (Fsp3) is 0.111. The zero-order valence-electron chi connectivity index (χ0n) is 13.1. The first kappa shape index (κ1) is 16.5. The SMILES string of the molecule is Cc1ccc(C)c(N2C(=O)C(=Cc3ccc(O)c(O)c3)SC2=S)c1. The van der Waals surface area contributed by atoms with Gasteiger partial charge in [0, 0.05) is 0 Å². The summed E-state index contributed by atoms with van der Waals surface area (Å²) in [6.45, 7) is 3.91. The second kappa shape index (κ2) is 6.30. The molecule has 0 aliphatic carbocycles. The van der Waals surface area contributed by atoms with Crippen molar-refractivity contribution in [3.8, 4) is 11.5 Å². The summed E-state index contributed by atoms with van der Waals surface area (Å²) in [7, 11) is 0. The zero-order chi connectivity index (χ0) is 17.4. The number of thiocarbonyl (C=S) groups is 1. The highest BCUT2D eigenvalue weighted by Gasteiger charge is 2.34. The molecule has 0 aromatic heterocycles. The molecule has 1 aliphatic rings. The average Bonchev–Trinajstić information content (AvgIpc) is 2.80. The number of aryl methyl sites for hydroxylation is 2. The molecule has 0 atom stereocenters. The van der Waals surface area contributed by atoms with Crippen LogP contribution >= 0.6 is 24.0 Å². The summed E-state index contributed by atoms with van der Waals surface area (Å²) in [5, 5.41) is 19.0. The highest BCUT2D eigenvalue weighted by Crippen LogP contribution is 2.38. The van der Waals surface area contributed by atoms with Crippen LogP contribution in [-0.2, 0) is 4.79 Å². The van der Waals surface area contributed by atoms with Crippen LogP contribution in [0.25, 0.3) is 6.08 Å². The molecule has 0 saturated carbocycles. The molecule has 6 heteroatoms. The third-order valence-corrected chi connectivity index (χ3v) is 5.00. The number of hydrogen-bond donors (Lipinski definition) is 2. The summed E-state index contributed by atoms with van der Waals surface area (Å²) < 4.78 is 0.475. The van der Waals surface area contributed by atoms with Gasteiger partial charge in [-0.3, -0.25) is 9.69 Å². The van der Waals surface area contributed by atoms with Crippen LogP contribution in [0.2, 0.25) is 0 Å². The molecule has 0 unspecified atom stereocenters. The Morgan fingerprint density at radius 3 is 2.54 bits per heavy atom. The third-order valence-electron chi connectivity index (χ3n) is 3.70. The van der Waals surface area contributed by atoms with Crippen molar-refractivity contribution in [3.05, 3.63) is 58.0 Å². The molecule has 1 saturated heterocycles. The highest BCUT2D eigenvalue weighted by molar-refractivity contribution is 8.27. The number of carbonyl (C=O) groups is 1. The van der Waals surface area contributed by atoms with Crippen LogP contribution in [0.4, 0.5) is 5.69 Å². The molecule has 1 heterocycles. The Morgan fingerprint density at radius 2 is 1.83 bits per heavy atom. The molecule has 0 bridgehead atoms. The number of aromatic hydroxyl groups is 2. The van der Waals surface area contributed by atoms with Crippen molar-refractivity contribution < 1.29 is 15.0 Å². The Balaban J connectivity index is 1.98. The second-order valence-corrected chi connectivity index (χ2v) is 7.23. The van der Waals surface area contributed by atoms with Crippen molar-refractivity contribution in [1.29, 1.82) is 0 Å². The van der Waals surface area contributed by atoms with E-state index in [4.69, 9.17) is 12.2 Å². The monoisotopic (exact) mass is 357 g/mol. The van der Waals surface area contributed by atoms with E-state index in [1.807, 2.05) is 32.0 Å². The lowest BCUT2D eigenvalue weighted by Gasteiger charge is -2.17. The first-order valence-electron chi connectivity index (χ1n) is 7.24. The first-order chi connectivity index (χ1) is 11.4. The minimum absolute atomic E-state index is 0.189. The molecule has 2 aromatic rings. The molecule has 4 nitrogen and oxygen atoms in total. The standard InChI is InChI=1S/C18H15NO3S2/c1-10-3-4-11(2)13(7-10)19-17(22)16(24-18(19)23)9-12-5-6-14(20)15(21)8-12/h3-9,20-21H,1-2H3. The zero-order valence-corrected chi connectivity index (χ0v) is 14.7. The molecule has 3 rings (SSSR count). The lowest BCUT2D eigenvalue weighted by atomic mass is 10.1. The fourth-order valence-corrected chi connectivity index (χ4v) is 3.70. The maximum Gasteiger partial charge on any atom is 0.270 e. The summed E-state index contributed by atoms with van der Waals surface area (Å²) in [6.07, 6.45) is 1.66. The van der Waals surface area contributed by atoms with Gasteiger partial charge in [-0.1, -0.05) is 42.2 Å². The molecular weight excluding hydrogens is 342 g/mol. The van der Waals surface area contributed by atoms with Gasteiger partial charge in [-0.05, 0) is 54.8 Å². The Bertz CT molecular complexity index is 890. The van der Waals surface area contributed by atoms with Gasteiger partial charge in [0.05, 0.1) is 10.6 Å². The lowest BCUT2D eigenvalue weighted by molar-refractivity contribution is -0.113. The van der Waals surface area contributed by atoms with Crippen molar-refractivity contribution in [2.75, 3.05) is 4.90 Å². The van der Waals surface area contributed by atoms with Crippen LogP contribution in [0.1, 0.15) is 16.7 Å². The van der Waals surface area contributed by atoms with Crippen molar-refractivity contribution in [1.82, 2.24) is 0 Å². The molecule has 0 spiro atoms. The topological polar surface area (TPSA) is 60.8 Å². The lowest BCUT2D eigenvalue weighted by Crippen LogP contribution is -2.28. The minimum Gasteiger partial charge on any atom is -0.504 e. The van der Waals surface area contributed by atoms with E-state index in [-0.39, 0.29) is 17.4 Å². The van der Waals surface area contributed by atoms with Crippen molar-refractivity contribution in [2.24, 2.45) is 0 Å². The van der Waals surface area contributed by atoms with E-state index in [9.17, 15) is 15.0 Å². The van der Waals surface area contributed by atoms with Gasteiger partial charge in [0.15, 0.2) is 15.8 Å². The van der Waals surface area contributed by atoms with Crippen LogP contribution in [0.5, 0.6) is 11.5 Å². The molecule has 1 aliphatic heterocycles. The quantitative estimate of drug-likeness (QED) is 0.481.